The Balaban J connectivity index is 1.41. The molecule has 10 heteroatoms. The molecule has 43 heavy (non-hydrogen) atoms. The molecule has 2 aromatic rings. The van der Waals surface area contributed by atoms with Crippen LogP contribution in [0.25, 0.3) is 0 Å². The second-order valence-electron chi connectivity index (χ2n) is 13.0. The van der Waals surface area contributed by atoms with Crippen molar-refractivity contribution in [2.24, 2.45) is 17.8 Å². The van der Waals surface area contributed by atoms with Gasteiger partial charge in [-0.3, -0.25) is 13.9 Å². The number of hydrogen-bond acceptors (Lipinski definition) is 4. The number of sulfonamides is 1. The number of nitrogens with one attached hydrogen (secondary N) is 1. The van der Waals surface area contributed by atoms with Gasteiger partial charge in [0.25, 0.3) is 0 Å². The third-order valence-electron chi connectivity index (χ3n) is 9.78. The van der Waals surface area contributed by atoms with Gasteiger partial charge in [0.1, 0.15) is 12.6 Å². The molecule has 0 spiro atoms. The highest BCUT2D eigenvalue weighted by Gasteiger charge is 2.51. The minimum absolute atomic E-state index is 0.0371. The maximum atomic E-state index is 14.0. The van der Waals surface area contributed by atoms with Gasteiger partial charge in [-0.2, -0.15) is 0 Å². The largest absolute Gasteiger partial charge is 0.354 e. The van der Waals surface area contributed by atoms with Crippen LogP contribution in [0.4, 0.5) is 5.69 Å². The first-order chi connectivity index (χ1) is 20.4. The molecule has 0 aliphatic heterocycles. The Morgan fingerprint density at radius 3 is 2.09 bits per heavy atom. The van der Waals surface area contributed by atoms with E-state index in [9.17, 15) is 18.0 Å². The summed E-state index contributed by atoms with van der Waals surface area (Å²) in [6, 6.07) is 12.0. The summed E-state index contributed by atoms with van der Waals surface area (Å²) in [5.41, 5.74) is 2.53. The number of carbonyl (C=O) groups is 2. The van der Waals surface area contributed by atoms with Crippen molar-refractivity contribution in [1.29, 1.82) is 0 Å². The van der Waals surface area contributed by atoms with Crippen LogP contribution in [0.1, 0.15) is 76.3 Å². The second-order valence-corrected chi connectivity index (χ2v) is 15.7. The molecule has 0 saturated heterocycles. The van der Waals surface area contributed by atoms with Crippen molar-refractivity contribution in [2.75, 3.05) is 23.7 Å². The smallest absolute Gasteiger partial charge is 0.244 e. The van der Waals surface area contributed by atoms with Crippen LogP contribution in [0.3, 0.4) is 0 Å². The third kappa shape index (κ3) is 7.02. The number of anilines is 1. The standard InChI is InChI=1S/C33H43Cl2N3O4S/c1-4-12-36-32(40)30(5-2)37(20-25-6-9-27(34)16-29(25)35)31(39)21-38(43(3,41)42)28-10-7-26(8-11-28)33-17-22-13-23(18-33)15-24(14-22)19-33/h6-11,16,22-24,30H,4-5,12-15,17-21H2,1-3H3,(H,36,40)/t22?,23?,24?,30-,33?/m0/s1. The molecule has 1 atom stereocenters. The van der Waals surface area contributed by atoms with Crippen molar-refractivity contribution < 1.29 is 18.0 Å². The SMILES string of the molecule is CCCNC(=O)[C@H](CC)N(Cc1ccc(Cl)cc1Cl)C(=O)CN(c1ccc(C23CC4CC(CC(C4)C2)C3)cc1)S(C)(=O)=O. The lowest BCUT2D eigenvalue weighted by Crippen LogP contribution is -2.52. The van der Waals surface area contributed by atoms with Gasteiger partial charge in [-0.1, -0.05) is 55.2 Å². The summed E-state index contributed by atoms with van der Waals surface area (Å²) in [6.45, 7) is 3.87. The predicted octanol–water partition coefficient (Wildman–Crippen LogP) is 6.56. The summed E-state index contributed by atoms with van der Waals surface area (Å²) in [5, 5.41) is 3.71. The highest BCUT2D eigenvalue weighted by Crippen LogP contribution is 2.60. The van der Waals surface area contributed by atoms with E-state index in [4.69, 9.17) is 23.2 Å². The minimum atomic E-state index is -3.82. The number of hydrogen-bond donors (Lipinski definition) is 1. The van der Waals surface area contributed by atoms with E-state index in [1.54, 1.807) is 18.2 Å². The average Bonchev–Trinajstić information content (AvgIpc) is 2.94. The molecule has 0 heterocycles. The van der Waals surface area contributed by atoms with Crippen molar-refractivity contribution in [1.82, 2.24) is 10.2 Å². The van der Waals surface area contributed by atoms with Gasteiger partial charge in [0.05, 0.1) is 11.9 Å². The fraction of sp³-hybridized carbons (Fsp3) is 0.576. The van der Waals surface area contributed by atoms with Gasteiger partial charge in [0, 0.05) is 23.1 Å². The highest BCUT2D eigenvalue weighted by molar-refractivity contribution is 7.92. The van der Waals surface area contributed by atoms with Crippen LogP contribution < -0.4 is 9.62 Å². The number of nitrogens with zero attached hydrogens (tertiary/aromatic N) is 2. The van der Waals surface area contributed by atoms with Gasteiger partial charge in [-0.25, -0.2) is 8.42 Å². The number of amides is 2. The highest BCUT2D eigenvalue weighted by atomic mass is 35.5. The fourth-order valence-corrected chi connectivity index (χ4v) is 9.50. The molecule has 4 bridgehead atoms. The molecule has 4 saturated carbocycles. The maximum absolute atomic E-state index is 14.0. The van der Waals surface area contributed by atoms with Gasteiger partial charge < -0.3 is 10.2 Å². The van der Waals surface area contributed by atoms with Gasteiger partial charge in [-0.15, -0.1) is 0 Å². The molecule has 2 amide bonds. The van der Waals surface area contributed by atoms with E-state index < -0.39 is 28.5 Å². The molecule has 4 aliphatic rings. The van der Waals surface area contributed by atoms with Gasteiger partial charge in [0.15, 0.2) is 0 Å². The van der Waals surface area contributed by atoms with Gasteiger partial charge in [-0.05, 0) is 110 Å². The topological polar surface area (TPSA) is 86.8 Å². The van der Waals surface area contributed by atoms with E-state index in [0.717, 1.165) is 34.7 Å². The molecule has 4 fully saturated rings. The zero-order chi connectivity index (χ0) is 30.9. The predicted molar refractivity (Wildman–Crippen MR) is 173 cm³/mol. The lowest BCUT2D eigenvalue weighted by Gasteiger charge is -2.57. The van der Waals surface area contributed by atoms with Crippen LogP contribution in [0.5, 0.6) is 0 Å². The summed E-state index contributed by atoms with van der Waals surface area (Å²) in [7, 11) is -3.82. The first-order valence-corrected chi connectivity index (χ1v) is 18.1. The Morgan fingerprint density at radius 2 is 1.58 bits per heavy atom. The quantitative estimate of drug-likeness (QED) is 0.283. The zero-order valence-corrected chi connectivity index (χ0v) is 27.6. The van der Waals surface area contributed by atoms with Crippen LogP contribution in [0, 0.1) is 17.8 Å². The number of carbonyl (C=O) groups excluding carboxylic acids is 2. The Labute approximate surface area is 266 Å². The van der Waals surface area contributed by atoms with Crippen LogP contribution >= 0.6 is 23.2 Å². The molecular formula is C33H43Cl2N3O4S. The molecule has 0 aromatic heterocycles. The van der Waals surface area contributed by atoms with Crippen LogP contribution in [-0.2, 0) is 31.6 Å². The molecule has 7 nitrogen and oxygen atoms in total. The third-order valence-corrected chi connectivity index (χ3v) is 11.5. The monoisotopic (exact) mass is 647 g/mol. The lowest BCUT2D eigenvalue weighted by atomic mass is 9.48. The lowest BCUT2D eigenvalue weighted by molar-refractivity contribution is -0.140. The summed E-state index contributed by atoms with van der Waals surface area (Å²) < 4.78 is 27.3. The van der Waals surface area contributed by atoms with Gasteiger partial charge in [0.2, 0.25) is 21.8 Å². The van der Waals surface area contributed by atoms with Crippen molar-refractivity contribution >= 4 is 50.7 Å². The van der Waals surface area contributed by atoms with E-state index in [2.05, 4.69) is 17.4 Å². The number of benzene rings is 2. The van der Waals surface area contributed by atoms with Crippen LogP contribution in [-0.4, -0.2) is 50.5 Å². The van der Waals surface area contributed by atoms with Crippen molar-refractivity contribution in [3.8, 4) is 0 Å². The molecule has 4 aliphatic carbocycles. The zero-order valence-electron chi connectivity index (χ0n) is 25.3. The molecule has 0 unspecified atom stereocenters. The van der Waals surface area contributed by atoms with Crippen molar-refractivity contribution in [3.63, 3.8) is 0 Å². The maximum Gasteiger partial charge on any atom is 0.244 e. The Morgan fingerprint density at radius 1 is 0.977 bits per heavy atom. The van der Waals surface area contributed by atoms with E-state index in [0.29, 0.717) is 34.3 Å². The first-order valence-electron chi connectivity index (χ1n) is 15.5. The normalized spacial score (nSPS) is 24.9. The molecule has 1 N–H and O–H groups in total. The molecule has 0 radical (unpaired) electrons. The van der Waals surface area contributed by atoms with E-state index in [-0.39, 0.29) is 17.9 Å². The summed E-state index contributed by atoms with van der Waals surface area (Å²) in [4.78, 5) is 28.6. The number of rotatable bonds is 12. The van der Waals surface area contributed by atoms with E-state index in [1.165, 1.54) is 49.0 Å². The Kier molecular flexibility index (Phi) is 9.69. The first kappa shape index (κ1) is 32.1. The average molecular weight is 649 g/mol. The molecule has 2 aromatic carbocycles. The van der Waals surface area contributed by atoms with Crippen molar-refractivity contribution in [3.05, 3.63) is 63.6 Å². The van der Waals surface area contributed by atoms with E-state index in [1.807, 2.05) is 26.0 Å². The molecular weight excluding hydrogens is 605 g/mol. The fourth-order valence-electron chi connectivity index (χ4n) is 8.18. The molecule has 234 valence electrons. The molecule has 6 rings (SSSR count). The van der Waals surface area contributed by atoms with Crippen LogP contribution in [0.15, 0.2) is 42.5 Å². The van der Waals surface area contributed by atoms with E-state index >= 15 is 0 Å². The Bertz CT molecular complexity index is 1410. The summed E-state index contributed by atoms with van der Waals surface area (Å²) >= 11 is 12.6. The van der Waals surface area contributed by atoms with Crippen molar-refractivity contribution in [2.45, 2.75) is 83.2 Å². The second kappa shape index (κ2) is 13.0. The number of halogens is 2. The minimum Gasteiger partial charge on any atom is -0.354 e. The summed E-state index contributed by atoms with van der Waals surface area (Å²) in [5.74, 6) is 1.64. The summed E-state index contributed by atoms with van der Waals surface area (Å²) in [6.07, 6.45) is 9.93. The van der Waals surface area contributed by atoms with Crippen LogP contribution in [0.2, 0.25) is 10.0 Å². The van der Waals surface area contributed by atoms with Gasteiger partial charge >= 0.3 is 0 Å². The Hall–Kier alpha value is -2.29.